The summed E-state index contributed by atoms with van der Waals surface area (Å²) in [5, 5.41) is 10.4. The van der Waals surface area contributed by atoms with E-state index in [1.54, 1.807) is 0 Å². The minimum Gasteiger partial charge on any atom is -0.346 e. The Kier molecular flexibility index (Phi) is 2.04. The minimum atomic E-state index is 0.0961. The van der Waals surface area contributed by atoms with Crippen molar-refractivity contribution in [3.05, 3.63) is 24.2 Å². The topological polar surface area (TPSA) is 83.4 Å². The smallest absolute Gasteiger partial charge is 0.138 e. The van der Waals surface area contributed by atoms with E-state index in [2.05, 4.69) is 21.1 Å². The van der Waals surface area contributed by atoms with E-state index < -0.39 is 0 Å². The summed E-state index contributed by atoms with van der Waals surface area (Å²) in [6, 6.07) is 2.11. The van der Waals surface area contributed by atoms with E-state index in [1.165, 1.54) is 16.5 Å². The Labute approximate surface area is 122 Å². The van der Waals surface area contributed by atoms with Gasteiger partial charge in [-0.1, -0.05) is 0 Å². The molecule has 5 nitrogen and oxygen atoms in total. The lowest BCUT2D eigenvalue weighted by Gasteiger charge is -2.51. The van der Waals surface area contributed by atoms with Gasteiger partial charge in [-0.05, 0) is 44.6 Å². The van der Waals surface area contributed by atoms with Crippen LogP contribution in [0, 0.1) is 0 Å². The first kappa shape index (κ1) is 11.7. The maximum Gasteiger partial charge on any atom is 0.138 e. The zero-order valence-electron chi connectivity index (χ0n) is 11.9. The van der Waals surface area contributed by atoms with Crippen molar-refractivity contribution in [2.24, 2.45) is 5.73 Å². The molecule has 0 atom stereocenters. The number of pyridine rings is 1. The van der Waals surface area contributed by atoms with Crippen LogP contribution in [0.2, 0.25) is 0 Å². The van der Waals surface area contributed by atoms with Gasteiger partial charge in [-0.3, -0.25) is 5.10 Å². The van der Waals surface area contributed by atoms with Gasteiger partial charge in [0.05, 0.1) is 17.4 Å². The first-order valence-electron chi connectivity index (χ1n) is 7.79. The molecule has 4 N–H and O–H groups in total. The van der Waals surface area contributed by atoms with Gasteiger partial charge < -0.3 is 10.7 Å². The van der Waals surface area contributed by atoms with Gasteiger partial charge in [0.2, 0.25) is 0 Å². The van der Waals surface area contributed by atoms with Crippen LogP contribution in [0.3, 0.4) is 0 Å². The van der Waals surface area contributed by atoms with Crippen molar-refractivity contribution in [1.29, 1.82) is 0 Å². The molecule has 108 valence electrons. The summed E-state index contributed by atoms with van der Waals surface area (Å²) in [7, 11) is 0. The van der Waals surface area contributed by atoms with E-state index >= 15 is 0 Å². The fraction of sp³-hybridized carbons (Fsp3) is 0.500. The second-order valence-corrected chi connectivity index (χ2v) is 7.00. The predicted molar refractivity (Wildman–Crippen MR) is 82.0 cm³/mol. The minimum absolute atomic E-state index is 0.0961. The van der Waals surface area contributed by atoms with Crippen molar-refractivity contribution in [1.82, 2.24) is 20.2 Å². The van der Waals surface area contributed by atoms with Crippen LogP contribution in [-0.2, 0) is 5.41 Å². The third-order valence-corrected chi connectivity index (χ3v) is 5.92. The summed E-state index contributed by atoms with van der Waals surface area (Å²) in [5.74, 6) is 0. The van der Waals surface area contributed by atoms with Crippen molar-refractivity contribution in [3.8, 4) is 0 Å². The van der Waals surface area contributed by atoms with Crippen molar-refractivity contribution in [2.75, 3.05) is 0 Å². The predicted octanol–water partition coefficient (Wildman–Crippen LogP) is 2.74. The third kappa shape index (κ3) is 1.44. The van der Waals surface area contributed by atoms with Crippen LogP contribution < -0.4 is 5.73 Å². The Bertz CT molecular complexity index is 818. The first-order chi connectivity index (χ1) is 10.2. The number of hydrogen-bond donors (Lipinski definition) is 3. The number of nitrogens with one attached hydrogen (secondary N) is 2. The van der Waals surface area contributed by atoms with Crippen LogP contribution in [0.1, 0.15) is 44.2 Å². The number of aromatic nitrogens is 4. The molecule has 0 amide bonds. The Hall–Kier alpha value is -1.88. The largest absolute Gasteiger partial charge is 0.346 e. The second-order valence-electron chi connectivity index (χ2n) is 7.00. The van der Waals surface area contributed by atoms with Crippen LogP contribution >= 0.6 is 0 Å². The van der Waals surface area contributed by atoms with Crippen LogP contribution in [0.15, 0.2) is 18.5 Å². The number of aromatic amines is 2. The molecule has 3 aliphatic carbocycles. The van der Waals surface area contributed by atoms with Gasteiger partial charge in [-0.2, -0.15) is 5.10 Å². The quantitative estimate of drug-likeness (QED) is 0.641. The van der Waals surface area contributed by atoms with Crippen LogP contribution in [0.25, 0.3) is 21.9 Å². The average Bonchev–Trinajstić information content (AvgIpc) is 3.14. The Morgan fingerprint density at radius 1 is 1.10 bits per heavy atom. The highest BCUT2D eigenvalue weighted by molar-refractivity contribution is 6.05. The summed E-state index contributed by atoms with van der Waals surface area (Å²) >= 11 is 0. The fourth-order valence-corrected chi connectivity index (χ4v) is 4.47. The molecule has 3 fully saturated rings. The lowest BCUT2D eigenvalue weighted by molar-refractivity contribution is 0.105. The van der Waals surface area contributed by atoms with E-state index in [0.29, 0.717) is 0 Å². The van der Waals surface area contributed by atoms with E-state index in [1.807, 2.05) is 12.4 Å². The fourth-order valence-electron chi connectivity index (χ4n) is 4.47. The molecular weight excluding hydrogens is 262 g/mol. The summed E-state index contributed by atoms with van der Waals surface area (Å²) in [6.45, 7) is 0. The van der Waals surface area contributed by atoms with Crippen LogP contribution in [-0.4, -0.2) is 25.7 Å². The van der Waals surface area contributed by atoms with E-state index in [0.717, 1.165) is 49.7 Å². The van der Waals surface area contributed by atoms with E-state index in [4.69, 9.17) is 10.8 Å². The Morgan fingerprint density at radius 3 is 2.62 bits per heavy atom. The highest BCUT2D eigenvalue weighted by Crippen LogP contribution is 2.53. The maximum absolute atomic E-state index is 6.45. The van der Waals surface area contributed by atoms with Gasteiger partial charge >= 0.3 is 0 Å². The Balaban J connectivity index is 1.76. The SMILES string of the molecule is NC12CCC(c3n[nH]c4cnc5[nH]ccc5c34)(CC1)CC2. The third-order valence-electron chi connectivity index (χ3n) is 5.92. The molecule has 0 spiro atoms. The molecule has 21 heavy (non-hydrogen) atoms. The summed E-state index contributed by atoms with van der Waals surface area (Å²) in [5.41, 5.74) is 9.99. The molecule has 2 bridgehead atoms. The number of fused-ring (bicyclic) bond motifs is 6. The first-order valence-corrected chi connectivity index (χ1v) is 7.79. The molecule has 6 rings (SSSR count). The van der Waals surface area contributed by atoms with E-state index in [9.17, 15) is 0 Å². The number of H-pyrrole nitrogens is 2. The van der Waals surface area contributed by atoms with Gasteiger partial charge in [0.15, 0.2) is 0 Å². The van der Waals surface area contributed by atoms with Crippen molar-refractivity contribution >= 4 is 21.9 Å². The molecule has 3 aliphatic rings. The van der Waals surface area contributed by atoms with Gasteiger partial charge in [-0.25, -0.2) is 4.98 Å². The summed E-state index contributed by atoms with van der Waals surface area (Å²) in [4.78, 5) is 7.66. The highest BCUT2D eigenvalue weighted by Gasteiger charge is 2.49. The number of hydrogen-bond acceptors (Lipinski definition) is 3. The lowest BCUT2D eigenvalue weighted by atomic mass is 9.56. The molecule has 3 aromatic heterocycles. The van der Waals surface area contributed by atoms with Crippen molar-refractivity contribution in [3.63, 3.8) is 0 Å². The standard InChI is InChI=1S/C16H19N5/c17-16-5-2-15(3-6-16,4-7-16)13-12-10-1-8-18-14(10)19-9-11(12)20-21-13/h1,8-9H,2-7,17H2,(H,18,19)(H,20,21). The molecule has 3 aromatic rings. The van der Waals surface area contributed by atoms with E-state index in [-0.39, 0.29) is 11.0 Å². The molecule has 3 heterocycles. The van der Waals surface area contributed by atoms with Crippen LogP contribution in [0.4, 0.5) is 0 Å². The van der Waals surface area contributed by atoms with Crippen molar-refractivity contribution in [2.45, 2.75) is 49.5 Å². The normalized spacial score (nSPS) is 32.2. The van der Waals surface area contributed by atoms with Gasteiger partial charge in [0.1, 0.15) is 5.65 Å². The second kappa shape index (κ2) is 3.65. The summed E-state index contributed by atoms with van der Waals surface area (Å²) < 4.78 is 0. The van der Waals surface area contributed by atoms with Gasteiger partial charge in [0, 0.05) is 27.9 Å². The molecule has 0 saturated heterocycles. The molecule has 5 heteroatoms. The molecule has 0 aromatic carbocycles. The molecule has 0 radical (unpaired) electrons. The zero-order chi connectivity index (χ0) is 14.1. The number of nitrogens with two attached hydrogens (primary N) is 1. The molecule has 0 aliphatic heterocycles. The Morgan fingerprint density at radius 2 is 1.86 bits per heavy atom. The zero-order valence-corrected chi connectivity index (χ0v) is 11.9. The monoisotopic (exact) mass is 281 g/mol. The summed E-state index contributed by atoms with van der Waals surface area (Å²) in [6.07, 6.45) is 10.7. The molecule has 0 unspecified atom stereocenters. The number of nitrogens with zero attached hydrogens (tertiary/aromatic N) is 2. The van der Waals surface area contributed by atoms with Gasteiger partial charge in [0.25, 0.3) is 0 Å². The van der Waals surface area contributed by atoms with Crippen molar-refractivity contribution < 1.29 is 0 Å². The number of rotatable bonds is 1. The highest BCUT2D eigenvalue weighted by atomic mass is 15.1. The lowest BCUT2D eigenvalue weighted by Crippen LogP contribution is -2.53. The average molecular weight is 281 g/mol. The maximum atomic E-state index is 6.45. The molecular formula is C16H19N5. The molecule has 3 saturated carbocycles. The van der Waals surface area contributed by atoms with Gasteiger partial charge in [-0.15, -0.1) is 0 Å². The van der Waals surface area contributed by atoms with Crippen LogP contribution in [0.5, 0.6) is 0 Å².